The molecule has 0 aromatic heterocycles. The molecule has 11 heavy (non-hydrogen) atoms. The lowest BCUT2D eigenvalue weighted by atomic mass is 9.83. The van der Waals surface area contributed by atoms with Crippen molar-refractivity contribution in [1.29, 1.82) is 0 Å². The predicted molar refractivity (Wildman–Crippen MR) is 45.4 cm³/mol. The van der Waals surface area contributed by atoms with Crippen LogP contribution in [0.3, 0.4) is 0 Å². The van der Waals surface area contributed by atoms with Gasteiger partial charge in [0.05, 0.1) is 11.7 Å². The number of fused-ring (bicyclic) bond motifs is 2. The molecule has 0 unspecified atom stereocenters. The number of hydrogen-bond acceptors (Lipinski definition) is 1. The van der Waals surface area contributed by atoms with Gasteiger partial charge in [0.1, 0.15) is 0 Å². The standard InChI is InChI=1S/C10H16O/c1-7-4-5-8-6-9(7)11-10(8,2)3/h4-5,7-9H,6H2,1-3H3/t7-,8-,9-/m0/s1. The van der Waals surface area contributed by atoms with Crippen molar-refractivity contribution in [3.8, 4) is 0 Å². The van der Waals surface area contributed by atoms with E-state index in [0.717, 1.165) is 0 Å². The second-order valence-electron chi connectivity index (χ2n) is 4.35. The van der Waals surface area contributed by atoms with Crippen molar-refractivity contribution in [1.82, 2.24) is 0 Å². The smallest absolute Gasteiger partial charge is 0.0693 e. The Hall–Kier alpha value is -0.300. The molecule has 0 amide bonds. The van der Waals surface area contributed by atoms with Crippen LogP contribution in [0.2, 0.25) is 0 Å². The van der Waals surface area contributed by atoms with Gasteiger partial charge >= 0.3 is 0 Å². The molecular weight excluding hydrogens is 136 g/mol. The first-order chi connectivity index (χ1) is 5.09. The summed E-state index contributed by atoms with van der Waals surface area (Å²) in [6.45, 7) is 6.62. The van der Waals surface area contributed by atoms with Crippen molar-refractivity contribution in [2.75, 3.05) is 0 Å². The van der Waals surface area contributed by atoms with Crippen molar-refractivity contribution in [3.05, 3.63) is 12.2 Å². The van der Waals surface area contributed by atoms with E-state index in [9.17, 15) is 0 Å². The third-order valence-electron chi connectivity index (χ3n) is 3.07. The monoisotopic (exact) mass is 152 g/mol. The molecule has 0 spiro atoms. The highest BCUT2D eigenvalue weighted by atomic mass is 16.5. The molecule has 1 aliphatic carbocycles. The topological polar surface area (TPSA) is 9.23 Å². The molecule has 1 saturated heterocycles. The summed E-state index contributed by atoms with van der Waals surface area (Å²) in [5.41, 5.74) is 0.0892. The molecule has 62 valence electrons. The quantitative estimate of drug-likeness (QED) is 0.484. The largest absolute Gasteiger partial charge is 0.371 e. The molecule has 1 nitrogen and oxygen atoms in total. The van der Waals surface area contributed by atoms with E-state index in [1.165, 1.54) is 6.42 Å². The van der Waals surface area contributed by atoms with Crippen LogP contribution in [0.15, 0.2) is 12.2 Å². The second-order valence-corrected chi connectivity index (χ2v) is 4.35. The van der Waals surface area contributed by atoms with Gasteiger partial charge in [0.25, 0.3) is 0 Å². The highest BCUT2D eigenvalue weighted by Gasteiger charge is 2.43. The van der Waals surface area contributed by atoms with Crippen LogP contribution in [0.5, 0.6) is 0 Å². The molecule has 0 aromatic carbocycles. The summed E-state index contributed by atoms with van der Waals surface area (Å²) in [7, 11) is 0. The van der Waals surface area contributed by atoms with Gasteiger partial charge in [-0.25, -0.2) is 0 Å². The lowest BCUT2D eigenvalue weighted by Gasteiger charge is -2.22. The Balaban J connectivity index is 2.26. The molecular formula is C10H16O. The van der Waals surface area contributed by atoms with E-state index in [2.05, 4.69) is 32.9 Å². The fraction of sp³-hybridized carbons (Fsp3) is 0.800. The van der Waals surface area contributed by atoms with Gasteiger partial charge in [-0.3, -0.25) is 0 Å². The lowest BCUT2D eigenvalue weighted by molar-refractivity contribution is -0.0338. The third-order valence-corrected chi connectivity index (χ3v) is 3.07. The fourth-order valence-corrected chi connectivity index (χ4v) is 2.13. The maximum absolute atomic E-state index is 5.92. The summed E-state index contributed by atoms with van der Waals surface area (Å²) in [6.07, 6.45) is 6.34. The van der Waals surface area contributed by atoms with Gasteiger partial charge in [-0.2, -0.15) is 0 Å². The Morgan fingerprint density at radius 1 is 1.36 bits per heavy atom. The molecule has 0 saturated carbocycles. The maximum Gasteiger partial charge on any atom is 0.0693 e. The summed E-state index contributed by atoms with van der Waals surface area (Å²) < 4.78 is 5.92. The first kappa shape index (κ1) is 7.35. The van der Waals surface area contributed by atoms with Crippen LogP contribution in [0.4, 0.5) is 0 Å². The van der Waals surface area contributed by atoms with Crippen LogP contribution in [0.25, 0.3) is 0 Å². The van der Waals surface area contributed by atoms with Gasteiger partial charge in [0, 0.05) is 11.8 Å². The zero-order valence-corrected chi connectivity index (χ0v) is 7.50. The van der Waals surface area contributed by atoms with Gasteiger partial charge < -0.3 is 4.74 Å². The first-order valence-electron chi connectivity index (χ1n) is 4.46. The summed E-state index contributed by atoms with van der Waals surface area (Å²) in [6, 6.07) is 0. The second kappa shape index (κ2) is 2.10. The first-order valence-corrected chi connectivity index (χ1v) is 4.46. The summed E-state index contributed by atoms with van der Waals surface area (Å²) in [5, 5.41) is 0. The number of rotatable bonds is 0. The van der Waals surface area contributed by atoms with Crippen LogP contribution in [0, 0.1) is 11.8 Å². The average molecular weight is 152 g/mol. The summed E-state index contributed by atoms with van der Waals surface area (Å²) in [5.74, 6) is 1.27. The summed E-state index contributed by atoms with van der Waals surface area (Å²) >= 11 is 0. The van der Waals surface area contributed by atoms with E-state index in [-0.39, 0.29) is 5.60 Å². The van der Waals surface area contributed by atoms with Gasteiger partial charge in [-0.1, -0.05) is 19.1 Å². The van der Waals surface area contributed by atoms with E-state index in [1.54, 1.807) is 0 Å². The molecule has 3 atom stereocenters. The molecule has 1 fully saturated rings. The lowest BCUT2D eigenvalue weighted by Crippen LogP contribution is -2.25. The minimum atomic E-state index is 0.0892. The van der Waals surface area contributed by atoms with Crippen LogP contribution < -0.4 is 0 Å². The highest BCUT2D eigenvalue weighted by Crippen LogP contribution is 2.42. The van der Waals surface area contributed by atoms with Crippen LogP contribution in [-0.4, -0.2) is 11.7 Å². The van der Waals surface area contributed by atoms with Crippen LogP contribution in [-0.2, 0) is 4.74 Å². The van der Waals surface area contributed by atoms with Crippen molar-refractivity contribution < 1.29 is 4.74 Å². The number of ether oxygens (including phenoxy) is 1. The SMILES string of the molecule is C[C@H]1C=C[C@H]2C[C@@H]1OC2(C)C. The normalized spacial score (nSPS) is 46.3. The molecule has 1 heterocycles. The van der Waals surface area contributed by atoms with Gasteiger partial charge in [0.15, 0.2) is 0 Å². The summed E-state index contributed by atoms with van der Waals surface area (Å²) in [4.78, 5) is 0. The van der Waals surface area contributed by atoms with Crippen molar-refractivity contribution in [2.24, 2.45) is 11.8 Å². The Kier molecular flexibility index (Phi) is 1.40. The number of hydrogen-bond donors (Lipinski definition) is 0. The van der Waals surface area contributed by atoms with E-state index >= 15 is 0 Å². The Labute approximate surface area is 68.4 Å². The minimum absolute atomic E-state index is 0.0892. The van der Waals surface area contributed by atoms with E-state index in [4.69, 9.17) is 4.74 Å². The fourth-order valence-electron chi connectivity index (χ4n) is 2.13. The van der Waals surface area contributed by atoms with Crippen molar-refractivity contribution in [2.45, 2.75) is 38.9 Å². The molecule has 2 rings (SSSR count). The third kappa shape index (κ3) is 1.02. The molecule has 1 aliphatic heterocycles. The Morgan fingerprint density at radius 2 is 2.09 bits per heavy atom. The zero-order chi connectivity index (χ0) is 8.06. The molecule has 0 N–H and O–H groups in total. The van der Waals surface area contributed by atoms with E-state index in [0.29, 0.717) is 17.9 Å². The van der Waals surface area contributed by atoms with E-state index in [1.807, 2.05) is 0 Å². The predicted octanol–water partition coefficient (Wildman–Crippen LogP) is 2.38. The van der Waals surface area contributed by atoms with Crippen molar-refractivity contribution >= 4 is 0 Å². The Morgan fingerprint density at radius 3 is 2.73 bits per heavy atom. The highest BCUT2D eigenvalue weighted by molar-refractivity contribution is 5.10. The van der Waals surface area contributed by atoms with Gasteiger partial charge in [0.2, 0.25) is 0 Å². The molecule has 0 aromatic rings. The maximum atomic E-state index is 5.92. The molecule has 0 radical (unpaired) electrons. The molecule has 1 heteroatoms. The zero-order valence-electron chi connectivity index (χ0n) is 7.50. The van der Waals surface area contributed by atoms with Gasteiger partial charge in [-0.15, -0.1) is 0 Å². The Bertz CT molecular complexity index is 193. The average Bonchev–Trinajstić information content (AvgIpc) is 2.16. The van der Waals surface area contributed by atoms with E-state index < -0.39 is 0 Å². The van der Waals surface area contributed by atoms with Crippen LogP contribution in [0.1, 0.15) is 27.2 Å². The van der Waals surface area contributed by atoms with Gasteiger partial charge in [-0.05, 0) is 20.3 Å². The molecule has 2 bridgehead atoms. The molecule has 2 aliphatic rings. The van der Waals surface area contributed by atoms with Crippen molar-refractivity contribution in [3.63, 3.8) is 0 Å². The minimum Gasteiger partial charge on any atom is -0.371 e. The van der Waals surface area contributed by atoms with Crippen LogP contribution >= 0.6 is 0 Å².